The fourth-order valence-corrected chi connectivity index (χ4v) is 5.78. The molecule has 35 heavy (non-hydrogen) atoms. The number of halogens is 1. The number of hydrogen-bond acceptors (Lipinski definition) is 4. The third kappa shape index (κ3) is 3.76. The van der Waals surface area contributed by atoms with E-state index in [1.165, 1.54) is 0 Å². The van der Waals surface area contributed by atoms with Gasteiger partial charge in [-0.1, -0.05) is 82.7 Å². The Morgan fingerprint density at radius 3 is 1.49 bits per heavy atom. The van der Waals surface area contributed by atoms with Crippen molar-refractivity contribution in [3.05, 3.63) is 141 Å². The summed E-state index contributed by atoms with van der Waals surface area (Å²) in [7, 11) is 0. The van der Waals surface area contributed by atoms with Gasteiger partial charge in [-0.3, -0.25) is 0 Å². The second-order valence-corrected chi connectivity index (χ2v) is 9.75. The van der Waals surface area contributed by atoms with Crippen LogP contribution in [0.2, 0.25) is 0 Å². The van der Waals surface area contributed by atoms with E-state index in [4.69, 9.17) is 9.47 Å². The summed E-state index contributed by atoms with van der Waals surface area (Å²) in [5, 5.41) is 0. The Morgan fingerprint density at radius 2 is 0.971 bits per heavy atom. The maximum absolute atomic E-state index is 13.2. The largest absolute Gasteiger partial charge is 0.454 e. The maximum Gasteiger partial charge on any atom is 0.338 e. The Bertz CT molecular complexity index is 1420. The summed E-state index contributed by atoms with van der Waals surface area (Å²) in [5.41, 5.74) is 5.30. The molecule has 5 heteroatoms. The quantitative estimate of drug-likeness (QED) is 0.286. The summed E-state index contributed by atoms with van der Waals surface area (Å²) in [6.45, 7) is 0. The first-order valence-electron chi connectivity index (χ1n) is 11.5. The molecule has 0 spiro atoms. The highest BCUT2D eigenvalue weighted by Gasteiger charge is 2.53. The average molecular weight is 525 g/mol. The van der Waals surface area contributed by atoms with E-state index in [-0.39, 0.29) is 11.8 Å². The zero-order valence-corrected chi connectivity index (χ0v) is 20.2. The zero-order valence-electron chi connectivity index (χ0n) is 18.6. The Hall–Kier alpha value is -3.70. The topological polar surface area (TPSA) is 52.6 Å². The van der Waals surface area contributed by atoms with Crippen LogP contribution in [0.15, 0.2) is 108 Å². The van der Waals surface area contributed by atoms with Gasteiger partial charge in [-0.15, -0.1) is 0 Å². The molecule has 0 N–H and O–H groups in total. The first-order valence-corrected chi connectivity index (χ1v) is 12.3. The van der Waals surface area contributed by atoms with Gasteiger partial charge in [0, 0.05) is 4.47 Å². The smallest absolute Gasteiger partial charge is 0.338 e. The normalized spacial score (nSPS) is 21.5. The molecule has 3 aliphatic carbocycles. The van der Waals surface area contributed by atoms with Gasteiger partial charge in [0.05, 0.1) is 23.0 Å². The van der Waals surface area contributed by atoms with Gasteiger partial charge >= 0.3 is 11.9 Å². The fourth-order valence-electron chi connectivity index (χ4n) is 5.40. The van der Waals surface area contributed by atoms with Gasteiger partial charge in [0.15, 0.2) is 12.2 Å². The van der Waals surface area contributed by atoms with E-state index >= 15 is 0 Å². The third-order valence-electron chi connectivity index (χ3n) is 6.87. The molecule has 0 aliphatic heterocycles. The molecule has 3 aliphatic rings. The van der Waals surface area contributed by atoms with Crippen molar-refractivity contribution in [3.63, 3.8) is 0 Å². The van der Waals surface area contributed by atoms with Crippen molar-refractivity contribution in [1.29, 1.82) is 0 Å². The van der Waals surface area contributed by atoms with E-state index in [2.05, 4.69) is 40.2 Å². The fraction of sp³-hybridized carbons (Fsp3) is 0.133. The number of rotatable bonds is 4. The lowest BCUT2D eigenvalue weighted by Crippen LogP contribution is -2.51. The molecule has 0 aromatic heterocycles. The molecule has 0 fully saturated rings. The summed E-state index contributed by atoms with van der Waals surface area (Å²) in [4.78, 5) is 26.4. The molecule has 4 aromatic carbocycles. The number of esters is 2. The first kappa shape index (κ1) is 21.8. The predicted molar refractivity (Wildman–Crippen MR) is 136 cm³/mol. The molecule has 0 amide bonds. The second kappa shape index (κ2) is 8.82. The van der Waals surface area contributed by atoms with Crippen molar-refractivity contribution < 1.29 is 19.1 Å². The van der Waals surface area contributed by atoms with Crippen LogP contribution in [-0.2, 0) is 9.47 Å². The van der Waals surface area contributed by atoms with Gasteiger partial charge in [0.1, 0.15) is 0 Å². The van der Waals surface area contributed by atoms with Crippen LogP contribution in [0.25, 0.3) is 0 Å². The molecule has 4 aromatic rings. The highest BCUT2D eigenvalue weighted by Crippen LogP contribution is 2.55. The maximum atomic E-state index is 13.2. The Kier molecular flexibility index (Phi) is 5.50. The van der Waals surface area contributed by atoms with E-state index in [1.54, 1.807) is 48.5 Å². The van der Waals surface area contributed by atoms with Gasteiger partial charge in [-0.2, -0.15) is 0 Å². The zero-order chi connectivity index (χ0) is 23.9. The molecule has 0 saturated heterocycles. The third-order valence-corrected chi connectivity index (χ3v) is 7.36. The van der Waals surface area contributed by atoms with Crippen LogP contribution in [0.1, 0.15) is 54.8 Å². The molecule has 2 unspecified atom stereocenters. The average Bonchev–Trinajstić information content (AvgIpc) is 2.90. The second-order valence-electron chi connectivity index (χ2n) is 8.83. The molecular formula is C30H21BrO4. The summed E-state index contributed by atoms with van der Waals surface area (Å²) in [6, 6.07) is 32.2. The molecule has 0 saturated carbocycles. The summed E-state index contributed by atoms with van der Waals surface area (Å²) in [6.07, 6.45) is -1.33. The van der Waals surface area contributed by atoms with Gasteiger partial charge in [-0.05, 0) is 58.7 Å². The van der Waals surface area contributed by atoms with Crippen LogP contribution in [0.3, 0.4) is 0 Å². The van der Waals surface area contributed by atoms with Gasteiger partial charge < -0.3 is 9.47 Å². The van der Waals surface area contributed by atoms with Crippen LogP contribution in [0.4, 0.5) is 0 Å². The molecule has 0 radical (unpaired) electrons. The monoisotopic (exact) mass is 524 g/mol. The Labute approximate surface area is 211 Å². The lowest BCUT2D eigenvalue weighted by atomic mass is 9.61. The summed E-state index contributed by atoms with van der Waals surface area (Å²) in [5.74, 6) is -1.37. The predicted octanol–water partition coefficient (Wildman–Crippen LogP) is 6.49. The van der Waals surface area contributed by atoms with Crippen molar-refractivity contribution in [2.45, 2.75) is 24.0 Å². The highest BCUT2D eigenvalue weighted by atomic mass is 79.9. The standard InChI is InChI=1S/C30H21BrO4/c31-20-15-16-23-24(17-20)26-22-14-8-7-13-21(22)25(23)27(34-29(32)18-9-3-1-4-10-18)28(26)35-30(33)19-11-5-2-6-12-19/h1-17,25-28H/t25-,26-,27?,28?/m1/s1. The lowest BCUT2D eigenvalue weighted by molar-refractivity contribution is -0.0557. The highest BCUT2D eigenvalue weighted by molar-refractivity contribution is 9.10. The molecule has 0 heterocycles. The number of carbonyl (C=O) groups excluding carboxylic acids is 2. The van der Waals surface area contributed by atoms with Crippen LogP contribution >= 0.6 is 15.9 Å². The lowest BCUT2D eigenvalue weighted by Gasteiger charge is -2.49. The minimum Gasteiger partial charge on any atom is -0.454 e. The van der Waals surface area contributed by atoms with Crippen molar-refractivity contribution in [2.24, 2.45) is 0 Å². The van der Waals surface area contributed by atoms with E-state index < -0.39 is 24.1 Å². The number of fused-ring (bicyclic) bond motifs is 1. The van der Waals surface area contributed by atoms with Crippen LogP contribution < -0.4 is 0 Å². The van der Waals surface area contributed by atoms with E-state index in [0.717, 1.165) is 26.7 Å². The first-order chi connectivity index (χ1) is 17.1. The van der Waals surface area contributed by atoms with E-state index in [0.29, 0.717) is 11.1 Å². The molecule has 4 nitrogen and oxygen atoms in total. The Balaban J connectivity index is 1.47. The molecular weight excluding hydrogens is 504 g/mol. The SMILES string of the molecule is O=C(OC1C(OC(=O)c2ccccc2)[C@@H]2c3ccccc3[C@@H]1c1ccc(Br)cc12)c1ccccc1. The van der Waals surface area contributed by atoms with Crippen molar-refractivity contribution in [3.8, 4) is 0 Å². The van der Waals surface area contributed by atoms with Crippen molar-refractivity contribution in [2.75, 3.05) is 0 Å². The molecule has 4 atom stereocenters. The number of hydrogen-bond donors (Lipinski definition) is 0. The van der Waals surface area contributed by atoms with Crippen molar-refractivity contribution in [1.82, 2.24) is 0 Å². The van der Waals surface area contributed by atoms with Crippen molar-refractivity contribution >= 4 is 27.9 Å². The minimum absolute atomic E-state index is 0.250. The van der Waals surface area contributed by atoms with Gasteiger partial charge in [0.2, 0.25) is 0 Å². The summed E-state index contributed by atoms with van der Waals surface area (Å²) >= 11 is 3.60. The Morgan fingerprint density at radius 1 is 0.543 bits per heavy atom. The molecule has 172 valence electrons. The molecule has 2 bridgehead atoms. The van der Waals surface area contributed by atoms with Crippen LogP contribution in [-0.4, -0.2) is 24.1 Å². The van der Waals surface area contributed by atoms with Crippen LogP contribution in [0, 0.1) is 0 Å². The van der Waals surface area contributed by atoms with Crippen LogP contribution in [0.5, 0.6) is 0 Å². The number of ether oxygens (including phenoxy) is 2. The van der Waals surface area contributed by atoms with E-state index in [1.807, 2.05) is 30.3 Å². The number of carbonyl (C=O) groups is 2. The van der Waals surface area contributed by atoms with Gasteiger partial charge in [0.25, 0.3) is 0 Å². The molecule has 7 rings (SSSR count). The minimum atomic E-state index is -0.669. The van der Waals surface area contributed by atoms with E-state index in [9.17, 15) is 9.59 Å². The summed E-state index contributed by atoms with van der Waals surface area (Å²) < 4.78 is 13.3. The van der Waals surface area contributed by atoms with Gasteiger partial charge in [-0.25, -0.2) is 9.59 Å². The number of benzene rings is 4.